The monoisotopic (exact) mass is 313 g/mol. The van der Waals surface area contributed by atoms with Gasteiger partial charge in [-0.3, -0.25) is 9.97 Å². The van der Waals surface area contributed by atoms with Gasteiger partial charge in [-0.15, -0.1) is 0 Å². The topological polar surface area (TPSA) is 38.9 Å². The minimum Gasteiger partial charge on any atom is -0.455 e. The Labute approximate surface area is 142 Å². The zero-order chi connectivity index (χ0) is 18.6. The first-order valence-electron chi connectivity index (χ1n) is 9.18. The smallest absolute Gasteiger partial charge is 0.144 e. The number of benzene rings is 2. The lowest BCUT2D eigenvalue weighted by molar-refractivity contribution is 0.673. The van der Waals surface area contributed by atoms with Crippen molar-refractivity contribution < 1.29 is 8.53 Å². The second-order valence-electron chi connectivity index (χ2n) is 5.73. The van der Waals surface area contributed by atoms with Crippen molar-refractivity contribution in [3.8, 4) is 11.3 Å². The summed E-state index contributed by atoms with van der Waals surface area (Å²) in [5.74, 6) is 0. The number of nitrogens with zero attached hydrogens (tertiary/aromatic N) is 2. The largest absolute Gasteiger partial charge is 0.455 e. The van der Waals surface area contributed by atoms with Crippen LogP contribution in [0.25, 0.3) is 44.1 Å². The highest BCUT2D eigenvalue weighted by molar-refractivity contribution is 6.16. The molecule has 0 radical (unpaired) electrons. The molecule has 0 atom stereocenters. The zero-order valence-electron chi connectivity index (χ0n) is 15.7. The molecule has 0 aliphatic carbocycles. The average Bonchev–Trinajstić information content (AvgIpc) is 3.07. The van der Waals surface area contributed by atoms with Crippen LogP contribution in [-0.2, 0) is 0 Å². The predicted molar refractivity (Wildman–Crippen MR) is 97.0 cm³/mol. The molecular formula is C21H14N2O. The van der Waals surface area contributed by atoms with Crippen LogP contribution in [0.1, 0.15) is 9.68 Å². The van der Waals surface area contributed by atoms with Crippen molar-refractivity contribution in [2.45, 2.75) is 6.85 Å². The van der Waals surface area contributed by atoms with Crippen LogP contribution in [0.5, 0.6) is 0 Å². The van der Waals surface area contributed by atoms with Gasteiger partial charge in [-0.05, 0) is 48.8 Å². The highest BCUT2D eigenvalue weighted by Crippen LogP contribution is 2.37. The van der Waals surface area contributed by atoms with E-state index in [1.54, 1.807) is 18.3 Å². The maximum Gasteiger partial charge on any atom is 0.144 e. The summed E-state index contributed by atoms with van der Waals surface area (Å²) in [7, 11) is 0. The molecule has 0 bridgehead atoms. The maximum absolute atomic E-state index is 7.50. The number of para-hydroxylation sites is 1. The summed E-state index contributed by atoms with van der Waals surface area (Å²) in [6.45, 7) is -2.16. The lowest BCUT2D eigenvalue weighted by atomic mass is 10.0. The normalized spacial score (nSPS) is 13.9. The molecule has 3 heterocycles. The van der Waals surface area contributed by atoms with Crippen LogP contribution in [0.3, 0.4) is 0 Å². The van der Waals surface area contributed by atoms with E-state index in [0.29, 0.717) is 5.69 Å². The lowest BCUT2D eigenvalue weighted by Crippen LogP contribution is -1.84. The standard InChI is InChI=1S/C21H14N2O/c1-13-7-9-19(23-12-13)16-5-2-4-14-15-8-10-18-17(6-3-11-22-18)21(15)24-20(14)16/h2-12H,1H3/i1D3. The Morgan fingerprint density at radius 2 is 1.75 bits per heavy atom. The number of furan rings is 1. The summed E-state index contributed by atoms with van der Waals surface area (Å²) < 4.78 is 28.8. The van der Waals surface area contributed by atoms with Crippen LogP contribution in [-0.4, -0.2) is 9.97 Å². The summed E-state index contributed by atoms with van der Waals surface area (Å²) in [5, 5.41) is 2.98. The first kappa shape index (κ1) is 10.6. The fourth-order valence-electron chi connectivity index (χ4n) is 3.16. The summed E-state index contributed by atoms with van der Waals surface area (Å²) in [4.78, 5) is 8.75. The van der Waals surface area contributed by atoms with Crippen molar-refractivity contribution in [3.63, 3.8) is 0 Å². The summed E-state index contributed by atoms with van der Waals surface area (Å²) in [5.41, 5.74) is 4.14. The van der Waals surface area contributed by atoms with Gasteiger partial charge in [-0.2, -0.15) is 0 Å². The van der Waals surface area contributed by atoms with Gasteiger partial charge < -0.3 is 4.42 Å². The lowest BCUT2D eigenvalue weighted by Gasteiger charge is -2.02. The SMILES string of the molecule is [2H]C([2H])([2H])c1ccc(-c2cccc3c2oc2c4cccnc4ccc32)nc1. The highest BCUT2D eigenvalue weighted by Gasteiger charge is 2.14. The summed E-state index contributed by atoms with van der Waals surface area (Å²) in [6.07, 6.45) is 3.17. The second-order valence-corrected chi connectivity index (χ2v) is 5.73. The van der Waals surface area contributed by atoms with Crippen LogP contribution in [0.2, 0.25) is 0 Å². The third-order valence-corrected chi connectivity index (χ3v) is 4.28. The van der Waals surface area contributed by atoms with Crippen LogP contribution >= 0.6 is 0 Å². The third-order valence-electron chi connectivity index (χ3n) is 4.28. The van der Waals surface area contributed by atoms with Gasteiger partial charge in [-0.25, -0.2) is 0 Å². The minimum absolute atomic E-state index is 0.222. The molecule has 0 fully saturated rings. The molecule has 0 spiro atoms. The van der Waals surface area contributed by atoms with E-state index in [0.717, 1.165) is 38.4 Å². The quantitative estimate of drug-likeness (QED) is 0.410. The van der Waals surface area contributed by atoms with Gasteiger partial charge in [0.25, 0.3) is 0 Å². The van der Waals surface area contributed by atoms with Gasteiger partial charge in [0.05, 0.1) is 11.2 Å². The molecule has 3 heteroatoms. The zero-order valence-corrected chi connectivity index (χ0v) is 12.7. The molecule has 24 heavy (non-hydrogen) atoms. The molecule has 0 N–H and O–H groups in total. The summed E-state index contributed by atoms with van der Waals surface area (Å²) >= 11 is 0. The molecule has 0 saturated carbocycles. The Kier molecular flexibility index (Phi) is 2.15. The van der Waals surface area contributed by atoms with Gasteiger partial charge >= 0.3 is 0 Å². The molecule has 114 valence electrons. The second kappa shape index (κ2) is 4.90. The molecule has 3 nitrogen and oxygen atoms in total. The van der Waals surface area contributed by atoms with Crippen molar-refractivity contribution in [1.82, 2.24) is 9.97 Å². The van der Waals surface area contributed by atoms with Gasteiger partial charge in [0.15, 0.2) is 0 Å². The Bertz CT molecular complexity index is 1300. The van der Waals surface area contributed by atoms with Crippen LogP contribution in [0.4, 0.5) is 0 Å². The van der Waals surface area contributed by atoms with Crippen molar-refractivity contribution in [1.29, 1.82) is 0 Å². The molecule has 0 aliphatic rings. The number of aromatic nitrogens is 2. The Morgan fingerprint density at radius 1 is 0.833 bits per heavy atom. The van der Waals surface area contributed by atoms with Crippen molar-refractivity contribution >= 4 is 32.8 Å². The van der Waals surface area contributed by atoms with E-state index < -0.39 is 6.85 Å². The van der Waals surface area contributed by atoms with Crippen LogP contribution < -0.4 is 0 Å². The molecule has 2 aromatic carbocycles. The first-order chi connectivity index (χ1) is 13.0. The Morgan fingerprint density at radius 3 is 2.62 bits per heavy atom. The average molecular weight is 313 g/mol. The maximum atomic E-state index is 7.50. The molecule has 0 unspecified atom stereocenters. The number of hydrogen-bond acceptors (Lipinski definition) is 3. The van der Waals surface area contributed by atoms with E-state index in [9.17, 15) is 0 Å². The molecule has 0 aliphatic heterocycles. The van der Waals surface area contributed by atoms with Crippen molar-refractivity contribution in [3.05, 3.63) is 72.6 Å². The number of fused-ring (bicyclic) bond motifs is 5. The van der Waals surface area contributed by atoms with E-state index in [1.807, 2.05) is 42.5 Å². The van der Waals surface area contributed by atoms with E-state index in [4.69, 9.17) is 8.53 Å². The van der Waals surface area contributed by atoms with Crippen molar-refractivity contribution in [2.75, 3.05) is 0 Å². The minimum atomic E-state index is -2.16. The van der Waals surface area contributed by atoms with E-state index in [2.05, 4.69) is 9.97 Å². The number of rotatable bonds is 1. The molecule has 3 aromatic heterocycles. The van der Waals surface area contributed by atoms with Gasteiger partial charge in [0.1, 0.15) is 11.2 Å². The Hall–Kier alpha value is -3.20. The highest BCUT2D eigenvalue weighted by atomic mass is 16.3. The molecule has 0 saturated heterocycles. The Balaban J connectivity index is 1.77. The number of hydrogen-bond donors (Lipinski definition) is 0. The third kappa shape index (κ3) is 1.85. The molecular weight excluding hydrogens is 296 g/mol. The fraction of sp³-hybridized carbons (Fsp3) is 0.0476. The molecule has 0 amide bonds. The van der Waals surface area contributed by atoms with Gasteiger partial charge in [0, 0.05) is 38.2 Å². The number of pyridine rings is 2. The summed E-state index contributed by atoms with van der Waals surface area (Å²) in [6, 6.07) is 17.1. The van der Waals surface area contributed by atoms with Crippen LogP contribution in [0.15, 0.2) is 71.4 Å². The van der Waals surface area contributed by atoms with Crippen molar-refractivity contribution in [2.24, 2.45) is 0 Å². The van der Waals surface area contributed by atoms with Crippen LogP contribution in [0, 0.1) is 6.85 Å². The predicted octanol–water partition coefficient (Wildman–Crippen LogP) is 5.50. The van der Waals surface area contributed by atoms with E-state index in [-0.39, 0.29) is 5.56 Å². The van der Waals surface area contributed by atoms with E-state index >= 15 is 0 Å². The first-order valence-corrected chi connectivity index (χ1v) is 7.68. The fourth-order valence-corrected chi connectivity index (χ4v) is 3.16. The van der Waals surface area contributed by atoms with E-state index in [1.165, 1.54) is 6.20 Å². The molecule has 5 aromatic rings. The van der Waals surface area contributed by atoms with Gasteiger partial charge in [0.2, 0.25) is 0 Å². The number of aryl methyl sites for hydroxylation is 1. The van der Waals surface area contributed by atoms with Gasteiger partial charge in [-0.1, -0.05) is 18.2 Å². The molecule has 5 rings (SSSR count).